The molecule has 0 fully saturated rings. The molecule has 78 valence electrons. The third-order valence-electron chi connectivity index (χ3n) is 1.42. The molecule has 0 bridgehead atoms. The summed E-state index contributed by atoms with van der Waals surface area (Å²) >= 11 is 1.16. The van der Waals surface area contributed by atoms with E-state index in [4.69, 9.17) is 9.88 Å². The molecule has 7 heteroatoms. The lowest BCUT2D eigenvalue weighted by Crippen LogP contribution is -2.14. The quantitative estimate of drug-likeness (QED) is 0.762. The molecule has 1 aromatic rings. The van der Waals surface area contributed by atoms with E-state index >= 15 is 0 Å². The maximum Gasteiger partial charge on any atom is 0.308 e. The van der Waals surface area contributed by atoms with Gasteiger partial charge in [0.15, 0.2) is 5.75 Å². The summed E-state index contributed by atoms with van der Waals surface area (Å²) in [6.07, 6.45) is 0. The summed E-state index contributed by atoms with van der Waals surface area (Å²) in [7, 11) is -3.83. The highest BCUT2D eigenvalue weighted by molar-refractivity contribution is 7.89. The first kappa shape index (κ1) is 11.2. The van der Waals surface area contributed by atoms with Gasteiger partial charge < -0.3 is 4.74 Å². The van der Waals surface area contributed by atoms with Crippen LogP contribution in [0.4, 0.5) is 0 Å². The molecule has 0 aliphatic rings. The van der Waals surface area contributed by atoms with Crippen LogP contribution in [-0.4, -0.2) is 14.4 Å². The van der Waals surface area contributed by atoms with Crippen molar-refractivity contribution >= 4 is 27.3 Å². The number of sulfonamides is 1. The number of carbonyl (C=O) groups excluding carboxylic acids is 1. The lowest BCUT2D eigenvalue weighted by molar-refractivity contribution is -0.132. The molecule has 14 heavy (non-hydrogen) atoms. The molecule has 0 saturated carbocycles. The number of thiophene rings is 1. The topological polar surface area (TPSA) is 86.5 Å². The summed E-state index contributed by atoms with van der Waals surface area (Å²) in [6.45, 7) is 2.79. The first-order chi connectivity index (χ1) is 6.32. The van der Waals surface area contributed by atoms with E-state index in [9.17, 15) is 13.2 Å². The van der Waals surface area contributed by atoms with Crippen LogP contribution in [0.3, 0.4) is 0 Å². The second-order valence-corrected chi connectivity index (χ2v) is 5.21. The summed E-state index contributed by atoms with van der Waals surface area (Å²) < 4.78 is 26.9. The average molecular weight is 235 g/mol. The Morgan fingerprint density at radius 3 is 2.57 bits per heavy atom. The maximum absolute atomic E-state index is 11.1. The van der Waals surface area contributed by atoms with E-state index in [1.807, 2.05) is 0 Å². The highest BCUT2D eigenvalue weighted by atomic mass is 32.2. The third kappa shape index (κ3) is 2.31. The van der Waals surface area contributed by atoms with E-state index in [0.29, 0.717) is 4.88 Å². The van der Waals surface area contributed by atoms with E-state index in [2.05, 4.69) is 0 Å². The molecule has 0 saturated heterocycles. The molecule has 1 rings (SSSR count). The van der Waals surface area contributed by atoms with Gasteiger partial charge in [0.05, 0.1) is 0 Å². The molecule has 0 aliphatic heterocycles. The smallest absolute Gasteiger partial charge is 0.308 e. The molecule has 2 N–H and O–H groups in total. The highest BCUT2D eigenvalue weighted by Gasteiger charge is 2.21. The first-order valence-corrected chi connectivity index (χ1v) is 6.04. The maximum atomic E-state index is 11.1. The van der Waals surface area contributed by atoms with Gasteiger partial charge in [-0.3, -0.25) is 4.79 Å². The van der Waals surface area contributed by atoms with Crippen LogP contribution in [0.25, 0.3) is 0 Å². The Morgan fingerprint density at radius 2 is 2.14 bits per heavy atom. The molecule has 0 radical (unpaired) electrons. The van der Waals surface area contributed by atoms with E-state index < -0.39 is 16.0 Å². The van der Waals surface area contributed by atoms with Gasteiger partial charge in [-0.05, 0) is 6.92 Å². The van der Waals surface area contributed by atoms with Crippen LogP contribution in [0.1, 0.15) is 11.8 Å². The number of primary sulfonamides is 1. The van der Waals surface area contributed by atoms with Crippen LogP contribution in [0, 0.1) is 6.92 Å². The van der Waals surface area contributed by atoms with Crippen LogP contribution in [0.5, 0.6) is 5.75 Å². The minimum atomic E-state index is -3.83. The fraction of sp³-hybridized carbons (Fsp3) is 0.286. The molecule has 0 aliphatic carbocycles. The van der Waals surface area contributed by atoms with E-state index in [-0.39, 0.29) is 10.6 Å². The fourth-order valence-corrected chi connectivity index (χ4v) is 2.99. The van der Waals surface area contributed by atoms with Crippen molar-refractivity contribution in [1.29, 1.82) is 0 Å². The highest BCUT2D eigenvalue weighted by Crippen LogP contribution is 2.32. The number of hydrogen-bond acceptors (Lipinski definition) is 5. The Morgan fingerprint density at radius 1 is 1.57 bits per heavy atom. The van der Waals surface area contributed by atoms with Gasteiger partial charge in [-0.15, -0.1) is 11.3 Å². The number of carbonyl (C=O) groups is 1. The predicted molar refractivity (Wildman–Crippen MR) is 51.7 cm³/mol. The van der Waals surface area contributed by atoms with Crippen molar-refractivity contribution in [3.8, 4) is 5.75 Å². The zero-order valence-electron chi connectivity index (χ0n) is 7.60. The largest absolute Gasteiger partial charge is 0.424 e. The lowest BCUT2D eigenvalue weighted by Gasteiger charge is -2.01. The molecule has 1 heterocycles. The number of esters is 1. The minimum Gasteiger partial charge on any atom is -0.424 e. The number of hydrogen-bond donors (Lipinski definition) is 1. The van der Waals surface area contributed by atoms with Crippen LogP contribution >= 0.6 is 11.3 Å². The van der Waals surface area contributed by atoms with Crippen molar-refractivity contribution < 1.29 is 17.9 Å². The zero-order valence-corrected chi connectivity index (χ0v) is 9.24. The van der Waals surface area contributed by atoms with Gasteiger partial charge in [0, 0.05) is 17.2 Å². The van der Waals surface area contributed by atoms with Crippen LogP contribution in [0.2, 0.25) is 0 Å². The predicted octanol–water partition coefficient (Wildman–Crippen LogP) is 0.629. The standard InChI is InChI=1S/C7H9NO4S2/c1-4-7(14(8,10)11)6(3-13-4)12-5(2)9/h3H,1-2H3,(H2,8,10,11). The second kappa shape index (κ2) is 3.68. The third-order valence-corrected chi connectivity index (χ3v) is 3.52. The van der Waals surface area contributed by atoms with E-state index in [1.165, 1.54) is 12.3 Å². The summed E-state index contributed by atoms with van der Waals surface area (Å²) in [5, 5.41) is 6.41. The van der Waals surface area contributed by atoms with E-state index in [0.717, 1.165) is 11.3 Å². The minimum absolute atomic E-state index is 0.00231. The number of ether oxygens (including phenoxy) is 1. The van der Waals surface area contributed by atoms with Crippen molar-refractivity contribution in [3.63, 3.8) is 0 Å². The van der Waals surface area contributed by atoms with Crippen molar-refractivity contribution in [3.05, 3.63) is 10.3 Å². The van der Waals surface area contributed by atoms with Crippen LogP contribution in [-0.2, 0) is 14.8 Å². The summed E-state index contributed by atoms with van der Waals surface area (Å²) in [4.78, 5) is 11.0. The fourth-order valence-electron chi connectivity index (χ4n) is 0.988. The van der Waals surface area contributed by atoms with E-state index in [1.54, 1.807) is 6.92 Å². The molecule has 0 spiro atoms. The van der Waals surface area contributed by atoms with Gasteiger partial charge in [0.25, 0.3) is 0 Å². The van der Waals surface area contributed by atoms with Crippen molar-refractivity contribution in [2.24, 2.45) is 5.14 Å². The monoisotopic (exact) mass is 235 g/mol. The molecule has 0 unspecified atom stereocenters. The Hall–Kier alpha value is -0.920. The SMILES string of the molecule is CC(=O)Oc1csc(C)c1S(N)(=O)=O. The molecule has 0 atom stereocenters. The second-order valence-electron chi connectivity index (χ2n) is 2.62. The Kier molecular flexibility index (Phi) is 2.93. The molecule has 0 amide bonds. The van der Waals surface area contributed by atoms with Crippen LogP contribution in [0.15, 0.2) is 10.3 Å². The van der Waals surface area contributed by atoms with Gasteiger partial charge in [0.2, 0.25) is 10.0 Å². The summed E-state index contributed by atoms with van der Waals surface area (Å²) in [5.74, 6) is -0.574. The molecular formula is C7H9NO4S2. The number of nitrogens with two attached hydrogens (primary N) is 1. The summed E-state index contributed by atoms with van der Waals surface area (Å²) in [6, 6.07) is 0. The van der Waals surface area contributed by atoms with Gasteiger partial charge in [-0.25, -0.2) is 13.6 Å². The van der Waals surface area contributed by atoms with Gasteiger partial charge in [-0.1, -0.05) is 0 Å². The van der Waals surface area contributed by atoms with Crippen molar-refractivity contribution in [2.45, 2.75) is 18.7 Å². The average Bonchev–Trinajstić information content (AvgIpc) is 2.28. The number of rotatable bonds is 2. The molecule has 5 nitrogen and oxygen atoms in total. The number of aryl methyl sites for hydroxylation is 1. The lowest BCUT2D eigenvalue weighted by atomic mass is 10.5. The van der Waals surface area contributed by atoms with Gasteiger partial charge in [-0.2, -0.15) is 0 Å². The Bertz CT molecular complexity index is 460. The molecule has 0 aromatic carbocycles. The van der Waals surface area contributed by atoms with Crippen molar-refractivity contribution in [1.82, 2.24) is 0 Å². The van der Waals surface area contributed by atoms with Gasteiger partial charge in [0.1, 0.15) is 4.90 Å². The zero-order chi connectivity index (χ0) is 10.9. The van der Waals surface area contributed by atoms with Crippen LogP contribution < -0.4 is 9.88 Å². The normalized spacial score (nSPS) is 11.4. The van der Waals surface area contributed by atoms with Gasteiger partial charge >= 0.3 is 5.97 Å². The Labute approximate surface area is 85.5 Å². The van der Waals surface area contributed by atoms with Crippen molar-refractivity contribution in [2.75, 3.05) is 0 Å². The summed E-state index contributed by atoms with van der Waals surface area (Å²) in [5.41, 5.74) is 0. The first-order valence-electron chi connectivity index (χ1n) is 3.61. The molecular weight excluding hydrogens is 226 g/mol. The Balaban J connectivity index is 3.27. The molecule has 1 aromatic heterocycles.